The fourth-order valence-electron chi connectivity index (χ4n) is 1.44. The van der Waals surface area contributed by atoms with Gasteiger partial charge in [0, 0.05) is 4.47 Å². The maximum Gasteiger partial charge on any atom is 0.256 e. The number of amides is 1. The van der Waals surface area contributed by atoms with E-state index in [2.05, 4.69) is 21.2 Å². The molecule has 0 spiro atoms. The third-order valence-electron chi connectivity index (χ3n) is 2.32. The molecule has 0 aliphatic rings. The number of anilines is 1. The third kappa shape index (κ3) is 2.56. The molecule has 2 rings (SSSR count). The number of nitrogens with one attached hydrogen (secondary N) is 1. The van der Waals surface area contributed by atoms with Crippen molar-refractivity contribution in [1.29, 1.82) is 0 Å². The largest absolute Gasteiger partial charge is 0.319 e. The maximum absolute atomic E-state index is 13.4. The smallest absolute Gasteiger partial charge is 0.256 e. The Hall–Kier alpha value is -1.75. The lowest BCUT2D eigenvalue weighted by Gasteiger charge is -2.07. The second kappa shape index (κ2) is 5.27. The molecular formula is C13H8BrF2NO. The molecule has 1 N–H and O–H groups in total. The number of benzene rings is 2. The fraction of sp³-hybridized carbons (Fsp3) is 0. The summed E-state index contributed by atoms with van der Waals surface area (Å²) in [6, 6.07) is 10.3. The summed E-state index contributed by atoms with van der Waals surface area (Å²) in [6.45, 7) is 0. The molecule has 2 nitrogen and oxygen atoms in total. The van der Waals surface area contributed by atoms with Crippen molar-refractivity contribution >= 4 is 27.5 Å². The molecule has 2 aromatic rings. The molecule has 0 aliphatic heterocycles. The van der Waals surface area contributed by atoms with Gasteiger partial charge in [-0.2, -0.15) is 0 Å². The first-order valence-electron chi connectivity index (χ1n) is 5.09. The van der Waals surface area contributed by atoms with Crippen LogP contribution in [0.5, 0.6) is 0 Å². The fourth-order valence-corrected chi connectivity index (χ4v) is 1.90. The van der Waals surface area contributed by atoms with E-state index >= 15 is 0 Å². The zero-order chi connectivity index (χ0) is 13.1. The van der Waals surface area contributed by atoms with E-state index < -0.39 is 17.5 Å². The molecule has 0 aromatic heterocycles. The van der Waals surface area contributed by atoms with Gasteiger partial charge in [0.25, 0.3) is 5.91 Å². The van der Waals surface area contributed by atoms with Gasteiger partial charge in [-0.1, -0.05) is 18.2 Å². The van der Waals surface area contributed by atoms with Crippen LogP contribution in [0, 0.1) is 11.6 Å². The van der Waals surface area contributed by atoms with E-state index in [1.807, 2.05) is 0 Å². The summed E-state index contributed by atoms with van der Waals surface area (Å²) in [7, 11) is 0. The summed E-state index contributed by atoms with van der Waals surface area (Å²) in [4.78, 5) is 11.9. The first kappa shape index (κ1) is 12.7. The second-order valence-corrected chi connectivity index (χ2v) is 4.39. The van der Waals surface area contributed by atoms with Crippen molar-refractivity contribution in [3.63, 3.8) is 0 Å². The van der Waals surface area contributed by atoms with Gasteiger partial charge in [0.05, 0.1) is 11.3 Å². The van der Waals surface area contributed by atoms with Gasteiger partial charge in [0.15, 0.2) is 11.6 Å². The highest BCUT2D eigenvalue weighted by molar-refractivity contribution is 9.10. The number of carbonyl (C=O) groups excluding carboxylic acids is 1. The van der Waals surface area contributed by atoms with Crippen molar-refractivity contribution in [3.05, 3.63) is 64.1 Å². The zero-order valence-corrected chi connectivity index (χ0v) is 10.7. The Morgan fingerprint density at radius 1 is 1.06 bits per heavy atom. The van der Waals surface area contributed by atoms with E-state index in [0.717, 1.165) is 6.07 Å². The molecular weight excluding hydrogens is 304 g/mol. The quantitative estimate of drug-likeness (QED) is 0.893. The average Bonchev–Trinajstić information content (AvgIpc) is 2.35. The first-order valence-corrected chi connectivity index (χ1v) is 5.89. The molecule has 0 atom stereocenters. The van der Waals surface area contributed by atoms with Crippen molar-refractivity contribution in [2.45, 2.75) is 0 Å². The Morgan fingerprint density at radius 3 is 2.50 bits per heavy atom. The molecule has 0 aliphatic carbocycles. The molecule has 92 valence electrons. The van der Waals surface area contributed by atoms with Crippen LogP contribution < -0.4 is 5.32 Å². The van der Waals surface area contributed by atoms with Crippen LogP contribution in [-0.2, 0) is 0 Å². The number of hydrogen-bond donors (Lipinski definition) is 1. The van der Waals surface area contributed by atoms with Gasteiger partial charge in [-0.3, -0.25) is 4.79 Å². The lowest BCUT2D eigenvalue weighted by Crippen LogP contribution is -2.14. The highest BCUT2D eigenvalue weighted by Crippen LogP contribution is 2.20. The third-order valence-corrected chi connectivity index (χ3v) is 3.01. The van der Waals surface area contributed by atoms with Gasteiger partial charge in [0.1, 0.15) is 0 Å². The minimum atomic E-state index is -1.07. The molecule has 0 saturated carbocycles. The minimum absolute atomic E-state index is 0.184. The van der Waals surface area contributed by atoms with E-state index in [1.54, 1.807) is 24.3 Å². The SMILES string of the molecule is O=C(Nc1cccc(F)c1F)c1ccccc1Br. The van der Waals surface area contributed by atoms with E-state index in [9.17, 15) is 13.6 Å². The molecule has 18 heavy (non-hydrogen) atoms. The Morgan fingerprint density at radius 2 is 1.78 bits per heavy atom. The van der Waals surface area contributed by atoms with Crippen molar-refractivity contribution in [2.75, 3.05) is 5.32 Å². The molecule has 0 heterocycles. The minimum Gasteiger partial charge on any atom is -0.319 e. The van der Waals surface area contributed by atoms with Crippen molar-refractivity contribution < 1.29 is 13.6 Å². The van der Waals surface area contributed by atoms with Crippen LogP contribution in [0.3, 0.4) is 0 Å². The molecule has 0 unspecified atom stereocenters. The molecule has 1 amide bonds. The number of halogens is 3. The zero-order valence-electron chi connectivity index (χ0n) is 9.08. The molecule has 0 bridgehead atoms. The normalized spacial score (nSPS) is 10.2. The maximum atomic E-state index is 13.4. The van der Waals surface area contributed by atoms with Gasteiger partial charge >= 0.3 is 0 Å². The van der Waals surface area contributed by atoms with Gasteiger partial charge < -0.3 is 5.32 Å². The van der Waals surface area contributed by atoms with Crippen LogP contribution in [0.15, 0.2) is 46.9 Å². The van der Waals surface area contributed by atoms with Crippen LogP contribution in [0.1, 0.15) is 10.4 Å². The van der Waals surface area contributed by atoms with Gasteiger partial charge in [-0.25, -0.2) is 8.78 Å². The Labute approximate surface area is 111 Å². The van der Waals surface area contributed by atoms with E-state index in [4.69, 9.17) is 0 Å². The monoisotopic (exact) mass is 311 g/mol. The van der Waals surface area contributed by atoms with E-state index in [0.29, 0.717) is 10.0 Å². The van der Waals surface area contributed by atoms with Gasteiger partial charge in [-0.15, -0.1) is 0 Å². The Kier molecular flexibility index (Phi) is 3.72. The van der Waals surface area contributed by atoms with Crippen LogP contribution in [0.2, 0.25) is 0 Å². The van der Waals surface area contributed by atoms with E-state index in [1.165, 1.54) is 12.1 Å². The lowest BCUT2D eigenvalue weighted by molar-refractivity contribution is 0.102. The van der Waals surface area contributed by atoms with Crippen LogP contribution in [-0.4, -0.2) is 5.91 Å². The molecule has 2 aromatic carbocycles. The Balaban J connectivity index is 2.27. The molecule has 0 radical (unpaired) electrons. The number of rotatable bonds is 2. The summed E-state index contributed by atoms with van der Waals surface area (Å²) >= 11 is 3.21. The summed E-state index contributed by atoms with van der Waals surface area (Å²) in [6.07, 6.45) is 0. The lowest BCUT2D eigenvalue weighted by atomic mass is 10.2. The number of hydrogen-bond acceptors (Lipinski definition) is 1. The summed E-state index contributed by atoms with van der Waals surface area (Å²) in [5.74, 6) is -2.58. The molecule has 0 fully saturated rings. The topological polar surface area (TPSA) is 29.1 Å². The standard InChI is InChI=1S/C13H8BrF2NO/c14-9-5-2-1-4-8(9)13(18)17-11-7-3-6-10(15)12(11)16/h1-7H,(H,17,18). The predicted octanol–water partition coefficient (Wildman–Crippen LogP) is 3.98. The Bertz CT molecular complexity index is 601. The highest BCUT2D eigenvalue weighted by atomic mass is 79.9. The van der Waals surface area contributed by atoms with Gasteiger partial charge in [0.2, 0.25) is 0 Å². The number of carbonyl (C=O) groups is 1. The molecule has 5 heteroatoms. The molecule has 0 saturated heterocycles. The van der Waals surface area contributed by atoms with E-state index in [-0.39, 0.29) is 5.69 Å². The van der Waals surface area contributed by atoms with Crippen molar-refractivity contribution in [1.82, 2.24) is 0 Å². The second-order valence-electron chi connectivity index (χ2n) is 3.54. The summed E-state index contributed by atoms with van der Waals surface area (Å²) < 4.78 is 26.9. The summed E-state index contributed by atoms with van der Waals surface area (Å²) in [5.41, 5.74) is 0.164. The van der Waals surface area contributed by atoms with Gasteiger partial charge in [-0.05, 0) is 40.2 Å². The highest BCUT2D eigenvalue weighted by Gasteiger charge is 2.13. The van der Waals surface area contributed by atoms with Crippen molar-refractivity contribution in [3.8, 4) is 0 Å². The van der Waals surface area contributed by atoms with Crippen LogP contribution >= 0.6 is 15.9 Å². The van der Waals surface area contributed by atoms with Crippen molar-refractivity contribution in [2.24, 2.45) is 0 Å². The summed E-state index contributed by atoms with van der Waals surface area (Å²) in [5, 5.41) is 2.32. The first-order chi connectivity index (χ1) is 8.59. The predicted molar refractivity (Wildman–Crippen MR) is 68.5 cm³/mol. The van der Waals surface area contributed by atoms with Crippen LogP contribution in [0.4, 0.5) is 14.5 Å². The van der Waals surface area contributed by atoms with Crippen LogP contribution in [0.25, 0.3) is 0 Å². The average molecular weight is 312 g/mol.